The molecule has 3 aliphatic rings. The summed E-state index contributed by atoms with van der Waals surface area (Å²) in [5, 5.41) is 14.5. The van der Waals surface area contributed by atoms with E-state index in [0.717, 1.165) is 83.8 Å². The first kappa shape index (κ1) is 35.7. The highest BCUT2D eigenvalue weighted by atomic mass is 16.5. The lowest BCUT2D eigenvalue weighted by atomic mass is 9.83. The average molecular weight is 723 g/mol. The molecule has 5 N–H and O–H groups in total. The summed E-state index contributed by atoms with van der Waals surface area (Å²) in [6.45, 7) is 2.89. The van der Waals surface area contributed by atoms with Gasteiger partial charge in [-0.25, -0.2) is 19.6 Å². The number of likely N-dealkylation sites (tertiary alicyclic amines) is 2. The number of hydrogen-bond donors (Lipinski definition) is 5. The van der Waals surface area contributed by atoms with E-state index in [1.54, 1.807) is 18.0 Å². The number of nitrogens with zero attached hydrogens (tertiary/aromatic N) is 4. The average Bonchev–Trinajstić information content (AvgIpc) is 4.01. The Morgan fingerprint density at radius 1 is 0.755 bits per heavy atom. The lowest BCUT2D eigenvalue weighted by molar-refractivity contribution is -0.138. The molecule has 2 saturated heterocycles. The molecule has 4 heterocycles. The van der Waals surface area contributed by atoms with Gasteiger partial charge in [-0.2, -0.15) is 0 Å². The molecule has 1 saturated carbocycles. The predicted octanol–water partition coefficient (Wildman–Crippen LogP) is 6.03. The summed E-state index contributed by atoms with van der Waals surface area (Å²) in [5.74, 6) is 0.967. The number of benzene rings is 2. The number of ether oxygens (including phenoxy) is 1. The molecule has 14 heteroatoms. The maximum Gasteiger partial charge on any atom is 0.407 e. The number of hydrogen-bond acceptors (Lipinski definition) is 7. The van der Waals surface area contributed by atoms with Gasteiger partial charge < -0.3 is 40.2 Å². The number of rotatable bonds is 9. The van der Waals surface area contributed by atoms with Crippen LogP contribution in [0.25, 0.3) is 33.6 Å². The Balaban J connectivity index is 0.990. The van der Waals surface area contributed by atoms with E-state index in [4.69, 9.17) is 4.98 Å². The van der Waals surface area contributed by atoms with Crippen LogP contribution in [-0.4, -0.2) is 91.1 Å². The first-order chi connectivity index (χ1) is 25.7. The minimum Gasteiger partial charge on any atom is -0.465 e. The largest absolute Gasteiger partial charge is 0.465 e. The van der Waals surface area contributed by atoms with Crippen molar-refractivity contribution in [2.75, 3.05) is 20.2 Å². The summed E-state index contributed by atoms with van der Waals surface area (Å²) in [6.07, 6.45) is 8.42. The second kappa shape index (κ2) is 15.5. The minimum absolute atomic E-state index is 0.0145. The number of carbonyl (C=O) groups is 4. The van der Waals surface area contributed by atoms with Crippen LogP contribution < -0.4 is 10.6 Å². The van der Waals surface area contributed by atoms with Gasteiger partial charge in [0.25, 0.3) is 0 Å². The molecule has 2 aromatic carbocycles. The molecule has 53 heavy (non-hydrogen) atoms. The maximum absolute atomic E-state index is 13.7. The molecule has 278 valence electrons. The number of aromatic amines is 2. The third kappa shape index (κ3) is 7.62. The molecule has 4 amide bonds. The number of nitrogens with one attached hydrogen (secondary N) is 4. The SMILES string of the molecule is COC(=O)N[C@@H](C)C(=O)N1CCC[C@H]1c1ncc(-c2ccc(-c3ccc(-c4cnc([C@@H]5CCCN5C(=O)[C@H]5CCCC[C@H]5NC(=O)O)[nH]4)cc3)cc2)[nH]1. The zero-order valence-electron chi connectivity index (χ0n) is 30.0. The highest BCUT2D eigenvalue weighted by molar-refractivity contribution is 5.86. The summed E-state index contributed by atoms with van der Waals surface area (Å²) in [4.78, 5) is 69.6. The molecule has 5 atom stereocenters. The fourth-order valence-corrected chi connectivity index (χ4v) is 8.14. The maximum atomic E-state index is 13.7. The summed E-state index contributed by atoms with van der Waals surface area (Å²) < 4.78 is 4.64. The molecular formula is C39H46N8O6. The second-order valence-electron chi connectivity index (χ2n) is 14.2. The van der Waals surface area contributed by atoms with Crippen LogP contribution in [0.5, 0.6) is 0 Å². The van der Waals surface area contributed by atoms with Gasteiger partial charge in [-0.1, -0.05) is 61.4 Å². The molecule has 3 fully saturated rings. The second-order valence-corrected chi connectivity index (χ2v) is 14.2. The molecule has 0 bridgehead atoms. The fraction of sp³-hybridized carbons (Fsp3) is 0.436. The van der Waals surface area contributed by atoms with Crippen LogP contribution in [0.2, 0.25) is 0 Å². The number of carboxylic acid groups (broad SMARTS) is 1. The minimum atomic E-state index is -1.08. The molecule has 2 aliphatic heterocycles. The topological polar surface area (TPSA) is 186 Å². The zero-order chi connectivity index (χ0) is 37.1. The van der Waals surface area contributed by atoms with Gasteiger partial charge in [0.05, 0.1) is 48.9 Å². The van der Waals surface area contributed by atoms with Crippen molar-refractivity contribution < 1.29 is 29.0 Å². The molecule has 0 radical (unpaired) electrons. The van der Waals surface area contributed by atoms with Crippen LogP contribution in [0.4, 0.5) is 9.59 Å². The Kier molecular flexibility index (Phi) is 10.5. The monoisotopic (exact) mass is 722 g/mol. The van der Waals surface area contributed by atoms with E-state index in [0.29, 0.717) is 25.9 Å². The number of carbonyl (C=O) groups excluding carboxylic acids is 3. The van der Waals surface area contributed by atoms with E-state index in [-0.39, 0.29) is 35.9 Å². The Morgan fingerprint density at radius 2 is 1.26 bits per heavy atom. The van der Waals surface area contributed by atoms with Crippen molar-refractivity contribution in [2.24, 2.45) is 5.92 Å². The first-order valence-corrected chi connectivity index (χ1v) is 18.5. The Hall–Kier alpha value is -5.66. The third-order valence-corrected chi connectivity index (χ3v) is 10.9. The summed E-state index contributed by atoms with van der Waals surface area (Å²) >= 11 is 0. The van der Waals surface area contributed by atoms with E-state index < -0.39 is 18.2 Å². The van der Waals surface area contributed by atoms with Gasteiger partial charge in [0.15, 0.2) is 0 Å². The molecule has 0 unspecified atom stereocenters. The molecule has 4 aromatic rings. The van der Waals surface area contributed by atoms with Crippen LogP contribution >= 0.6 is 0 Å². The molecular weight excluding hydrogens is 676 g/mol. The molecule has 1 aliphatic carbocycles. The van der Waals surface area contributed by atoms with Crippen molar-refractivity contribution in [1.29, 1.82) is 0 Å². The highest BCUT2D eigenvalue weighted by Crippen LogP contribution is 2.37. The molecule has 0 spiro atoms. The van der Waals surface area contributed by atoms with Crippen molar-refractivity contribution in [3.8, 4) is 33.6 Å². The summed E-state index contributed by atoms with van der Waals surface area (Å²) in [7, 11) is 1.27. The van der Waals surface area contributed by atoms with E-state index >= 15 is 0 Å². The van der Waals surface area contributed by atoms with Crippen LogP contribution in [0.1, 0.15) is 82.0 Å². The van der Waals surface area contributed by atoms with Gasteiger partial charge in [0.2, 0.25) is 11.8 Å². The van der Waals surface area contributed by atoms with Gasteiger partial charge in [-0.05, 0) is 67.7 Å². The fourth-order valence-electron chi connectivity index (χ4n) is 8.14. The van der Waals surface area contributed by atoms with E-state index in [1.165, 1.54) is 7.11 Å². The van der Waals surface area contributed by atoms with Crippen molar-refractivity contribution >= 4 is 24.0 Å². The standard InChI is InChI=1S/C39H46N8O6/c1-23(42-39(52)53-2)36(48)46-19-5-9-32(46)34-40-21-30(43-34)26-15-11-24(12-16-26)25-13-17-27(18-14-25)31-22-41-35(44-31)33-10-6-20-47(33)37(49)28-7-3-4-8-29(28)45-38(50)51/h11-18,21-23,28-29,32-33,45H,3-10,19-20H2,1-2H3,(H,40,43)(H,41,44)(H,42,52)(H,50,51)/t23-,28-,29+,32-,33-/m0/s1. The number of imidazole rings is 2. The number of methoxy groups -OCH3 is 1. The van der Waals surface area contributed by atoms with Crippen molar-refractivity contribution in [3.63, 3.8) is 0 Å². The first-order valence-electron chi connectivity index (χ1n) is 18.5. The summed E-state index contributed by atoms with van der Waals surface area (Å²) in [6, 6.07) is 15.1. The Bertz CT molecular complexity index is 1940. The lowest BCUT2D eigenvalue weighted by Gasteiger charge is -2.35. The Morgan fingerprint density at radius 3 is 1.81 bits per heavy atom. The molecule has 14 nitrogen and oxygen atoms in total. The van der Waals surface area contributed by atoms with Crippen molar-refractivity contribution in [2.45, 2.75) is 82.5 Å². The molecule has 2 aromatic heterocycles. The lowest BCUT2D eigenvalue weighted by Crippen LogP contribution is -2.49. The number of alkyl carbamates (subject to hydrolysis) is 1. The van der Waals surface area contributed by atoms with Gasteiger partial charge >= 0.3 is 12.2 Å². The zero-order valence-corrected chi connectivity index (χ0v) is 30.0. The van der Waals surface area contributed by atoms with Crippen LogP contribution in [0.3, 0.4) is 0 Å². The van der Waals surface area contributed by atoms with Crippen LogP contribution in [-0.2, 0) is 14.3 Å². The molecule has 7 rings (SSSR count). The van der Waals surface area contributed by atoms with Gasteiger partial charge in [-0.3, -0.25) is 9.59 Å². The summed E-state index contributed by atoms with van der Waals surface area (Å²) in [5.41, 5.74) is 5.81. The predicted molar refractivity (Wildman–Crippen MR) is 196 cm³/mol. The number of aromatic nitrogens is 4. The van der Waals surface area contributed by atoms with E-state index in [9.17, 15) is 24.3 Å². The van der Waals surface area contributed by atoms with E-state index in [1.807, 2.05) is 23.2 Å². The quantitative estimate of drug-likeness (QED) is 0.139. The van der Waals surface area contributed by atoms with E-state index in [2.05, 4.69) is 66.7 Å². The third-order valence-electron chi connectivity index (χ3n) is 10.9. The normalized spacial score (nSPS) is 22.0. The van der Waals surface area contributed by atoms with Crippen LogP contribution in [0.15, 0.2) is 60.9 Å². The Labute approximate surface area is 307 Å². The number of amides is 4. The number of H-pyrrole nitrogens is 2. The smallest absolute Gasteiger partial charge is 0.407 e. The van der Waals surface area contributed by atoms with Crippen molar-refractivity contribution in [3.05, 3.63) is 72.6 Å². The van der Waals surface area contributed by atoms with Crippen molar-refractivity contribution in [1.82, 2.24) is 40.4 Å². The highest BCUT2D eigenvalue weighted by Gasteiger charge is 2.40. The van der Waals surface area contributed by atoms with Gasteiger partial charge in [-0.15, -0.1) is 0 Å². The van der Waals surface area contributed by atoms with Crippen LogP contribution in [0, 0.1) is 5.92 Å². The van der Waals surface area contributed by atoms with Gasteiger partial charge in [0.1, 0.15) is 17.7 Å². The van der Waals surface area contributed by atoms with Gasteiger partial charge in [0, 0.05) is 19.1 Å².